The van der Waals surface area contributed by atoms with Crippen molar-refractivity contribution in [2.45, 2.75) is 122 Å². The molecule has 0 bridgehead atoms. The Balaban J connectivity index is 1.74. The highest BCUT2D eigenvalue weighted by atomic mass is 16.5. The van der Waals surface area contributed by atoms with E-state index >= 15 is 0 Å². The molecule has 2 aliphatic rings. The molecule has 13 nitrogen and oxygen atoms in total. The zero-order valence-electron chi connectivity index (χ0n) is 31.7. The molecular weight excluding hydrogens is 654 g/mol. The van der Waals surface area contributed by atoms with Crippen LogP contribution in [0.15, 0.2) is 30.3 Å². The lowest BCUT2D eigenvalue weighted by Gasteiger charge is -2.41. The van der Waals surface area contributed by atoms with Gasteiger partial charge in [0.25, 0.3) is 0 Å². The minimum absolute atomic E-state index is 0.000495. The van der Waals surface area contributed by atoms with Crippen LogP contribution in [0.4, 0.5) is 0 Å². The van der Waals surface area contributed by atoms with Gasteiger partial charge in [0.05, 0.1) is 42.7 Å². The number of benzene rings is 1. The van der Waals surface area contributed by atoms with Crippen LogP contribution in [-0.4, -0.2) is 121 Å². The molecule has 13 heteroatoms. The van der Waals surface area contributed by atoms with E-state index in [2.05, 4.69) is 16.0 Å². The number of carbonyl (C=O) groups excluding carboxylic acids is 4. The van der Waals surface area contributed by atoms with Gasteiger partial charge in [-0.1, -0.05) is 71.4 Å². The summed E-state index contributed by atoms with van der Waals surface area (Å²) in [7, 11) is 4.75. The average Bonchev–Trinajstić information content (AvgIpc) is 3.83. The highest BCUT2D eigenvalue weighted by Gasteiger charge is 2.43. The first-order valence-electron chi connectivity index (χ1n) is 18.5. The van der Waals surface area contributed by atoms with Crippen LogP contribution in [0.5, 0.6) is 0 Å². The van der Waals surface area contributed by atoms with E-state index in [-0.39, 0.29) is 48.4 Å². The number of ether oxygens (including phenoxy) is 2. The van der Waals surface area contributed by atoms with Crippen LogP contribution < -0.4 is 16.0 Å². The van der Waals surface area contributed by atoms with Gasteiger partial charge < -0.3 is 40.3 Å². The number of hydrogen-bond acceptors (Lipinski definition) is 8. The van der Waals surface area contributed by atoms with Gasteiger partial charge in [0.15, 0.2) is 0 Å². The van der Waals surface area contributed by atoms with E-state index in [1.165, 1.54) is 7.11 Å². The number of carboxylic acids is 1. The Bertz CT molecular complexity index is 1310. The van der Waals surface area contributed by atoms with Crippen molar-refractivity contribution in [1.29, 1.82) is 0 Å². The number of likely N-dealkylation sites (N-methyl/N-ethyl adjacent to an activating group) is 1. The SMILES string of the molecule is CCC(C)C(C(CC(=O)N1CCCC1C(OC)C(C)C(=O)NC(Cc1ccccc1)C(=O)O)OC)N(C)C(=O)C(NC(=O)C1CCCN1)C(C)C. The predicted octanol–water partition coefficient (Wildman–Crippen LogP) is 2.61. The van der Waals surface area contributed by atoms with Gasteiger partial charge in [0.1, 0.15) is 12.1 Å². The lowest BCUT2D eigenvalue weighted by Crippen LogP contribution is -2.59. The maximum atomic E-state index is 14.1. The van der Waals surface area contributed by atoms with Crippen LogP contribution in [0.3, 0.4) is 0 Å². The Morgan fingerprint density at radius 1 is 1.00 bits per heavy atom. The molecule has 4 amide bonds. The second-order valence-electron chi connectivity index (χ2n) is 14.6. The van der Waals surface area contributed by atoms with Crippen molar-refractivity contribution in [3.05, 3.63) is 35.9 Å². The van der Waals surface area contributed by atoms with Crippen molar-refractivity contribution in [3.63, 3.8) is 0 Å². The Hall–Kier alpha value is -3.55. The monoisotopic (exact) mass is 715 g/mol. The van der Waals surface area contributed by atoms with E-state index < -0.39 is 54.2 Å². The lowest BCUT2D eigenvalue weighted by atomic mass is 9.89. The van der Waals surface area contributed by atoms with Crippen LogP contribution in [0.2, 0.25) is 0 Å². The third-order valence-corrected chi connectivity index (χ3v) is 10.8. The summed E-state index contributed by atoms with van der Waals surface area (Å²) in [5.74, 6) is -3.14. The highest BCUT2D eigenvalue weighted by Crippen LogP contribution is 2.30. The standard InChI is InChI=1S/C38H61N5O8/c1-9-24(4)33(42(6)37(47)32(23(2)3)41-36(46)27-17-13-19-39-27)30(50-7)22-31(44)43-20-14-18-29(43)34(51-8)25(5)35(45)40-28(38(48)49)21-26-15-11-10-12-16-26/h10-12,15-16,23-25,27-30,32-34,39H,9,13-14,17-22H2,1-8H3,(H,40,45)(H,41,46)(H,48,49). The van der Waals surface area contributed by atoms with E-state index in [1.807, 2.05) is 58.0 Å². The number of nitrogens with one attached hydrogen (secondary N) is 3. The maximum Gasteiger partial charge on any atom is 0.326 e. The van der Waals surface area contributed by atoms with E-state index in [9.17, 15) is 29.1 Å². The molecule has 9 unspecified atom stereocenters. The number of hydrogen-bond donors (Lipinski definition) is 4. The molecule has 3 rings (SSSR count). The second kappa shape index (κ2) is 19.9. The summed E-state index contributed by atoms with van der Waals surface area (Å²) in [6, 6.07) is 6.06. The van der Waals surface area contributed by atoms with E-state index in [4.69, 9.17) is 9.47 Å². The lowest BCUT2D eigenvalue weighted by molar-refractivity contribution is -0.148. The van der Waals surface area contributed by atoms with Crippen LogP contribution >= 0.6 is 0 Å². The Morgan fingerprint density at radius 2 is 1.69 bits per heavy atom. The fraction of sp³-hybridized carbons (Fsp3) is 0.711. The van der Waals surface area contributed by atoms with Crippen molar-refractivity contribution in [2.24, 2.45) is 17.8 Å². The summed E-state index contributed by atoms with van der Waals surface area (Å²) < 4.78 is 11.8. The van der Waals surface area contributed by atoms with E-state index in [0.717, 1.165) is 31.4 Å². The molecule has 1 aromatic carbocycles. The van der Waals surface area contributed by atoms with Crippen LogP contribution in [0.1, 0.15) is 78.7 Å². The minimum Gasteiger partial charge on any atom is -0.480 e. The van der Waals surface area contributed by atoms with Gasteiger partial charge in [-0.25, -0.2) is 4.79 Å². The molecular formula is C38H61N5O8. The third-order valence-electron chi connectivity index (χ3n) is 10.8. The van der Waals surface area contributed by atoms with Gasteiger partial charge in [-0.3, -0.25) is 19.2 Å². The summed E-state index contributed by atoms with van der Waals surface area (Å²) >= 11 is 0. The van der Waals surface area contributed by atoms with Gasteiger partial charge in [-0.05, 0) is 49.6 Å². The molecule has 2 heterocycles. The number of likely N-dealkylation sites (tertiary alicyclic amines) is 1. The topological polar surface area (TPSA) is 167 Å². The van der Waals surface area contributed by atoms with Crippen LogP contribution in [-0.2, 0) is 39.9 Å². The molecule has 4 N–H and O–H groups in total. The van der Waals surface area contributed by atoms with Crippen molar-refractivity contribution < 1.29 is 38.6 Å². The summed E-state index contributed by atoms with van der Waals surface area (Å²) in [5, 5.41) is 18.7. The molecule has 2 saturated heterocycles. The Kier molecular flexibility index (Phi) is 16.3. The van der Waals surface area contributed by atoms with Gasteiger partial charge in [-0.15, -0.1) is 0 Å². The first-order valence-corrected chi connectivity index (χ1v) is 18.5. The molecule has 0 spiro atoms. The predicted molar refractivity (Wildman–Crippen MR) is 194 cm³/mol. The quantitative estimate of drug-likeness (QED) is 0.169. The number of carbonyl (C=O) groups is 5. The van der Waals surface area contributed by atoms with Crippen molar-refractivity contribution in [3.8, 4) is 0 Å². The highest BCUT2D eigenvalue weighted by molar-refractivity contribution is 5.90. The average molecular weight is 716 g/mol. The molecule has 2 fully saturated rings. The summed E-state index contributed by atoms with van der Waals surface area (Å²) in [5.41, 5.74) is 0.787. The van der Waals surface area contributed by atoms with E-state index in [1.54, 1.807) is 30.9 Å². The number of rotatable bonds is 19. The molecule has 0 radical (unpaired) electrons. The number of carboxylic acid groups (broad SMARTS) is 1. The molecule has 0 aromatic heterocycles. The smallest absolute Gasteiger partial charge is 0.326 e. The zero-order chi connectivity index (χ0) is 37.8. The molecule has 2 aliphatic heterocycles. The summed E-state index contributed by atoms with van der Waals surface area (Å²) in [6.45, 7) is 10.8. The van der Waals surface area contributed by atoms with Crippen molar-refractivity contribution in [2.75, 3.05) is 34.4 Å². The fourth-order valence-corrected chi connectivity index (χ4v) is 7.55. The summed E-state index contributed by atoms with van der Waals surface area (Å²) in [4.78, 5) is 70.0. The van der Waals surface area contributed by atoms with Crippen molar-refractivity contribution >= 4 is 29.6 Å². The molecule has 0 saturated carbocycles. The Morgan fingerprint density at radius 3 is 2.24 bits per heavy atom. The number of amides is 4. The van der Waals surface area contributed by atoms with Gasteiger partial charge in [0.2, 0.25) is 23.6 Å². The molecule has 286 valence electrons. The van der Waals surface area contributed by atoms with E-state index in [0.29, 0.717) is 19.4 Å². The number of nitrogens with zero attached hydrogens (tertiary/aromatic N) is 2. The minimum atomic E-state index is -1.14. The second-order valence-corrected chi connectivity index (χ2v) is 14.6. The molecule has 0 aliphatic carbocycles. The first-order chi connectivity index (χ1) is 24.2. The largest absolute Gasteiger partial charge is 0.480 e. The molecule has 51 heavy (non-hydrogen) atoms. The van der Waals surface area contributed by atoms with Gasteiger partial charge in [0, 0.05) is 34.2 Å². The third kappa shape index (κ3) is 11.0. The number of aliphatic carboxylic acids is 1. The number of methoxy groups -OCH3 is 2. The normalized spacial score (nSPS) is 21.6. The molecule has 1 aromatic rings. The maximum absolute atomic E-state index is 14.1. The summed E-state index contributed by atoms with van der Waals surface area (Å²) in [6.07, 6.45) is 2.51. The van der Waals surface area contributed by atoms with Crippen LogP contribution in [0.25, 0.3) is 0 Å². The molecule has 9 atom stereocenters. The fourth-order valence-electron chi connectivity index (χ4n) is 7.55. The Labute approximate surface area is 303 Å². The first kappa shape index (κ1) is 41.9. The zero-order valence-corrected chi connectivity index (χ0v) is 31.7. The van der Waals surface area contributed by atoms with Gasteiger partial charge >= 0.3 is 5.97 Å². The van der Waals surface area contributed by atoms with Crippen LogP contribution in [0, 0.1) is 17.8 Å². The van der Waals surface area contributed by atoms with Crippen molar-refractivity contribution in [1.82, 2.24) is 25.8 Å². The van der Waals surface area contributed by atoms with Gasteiger partial charge in [-0.2, -0.15) is 0 Å².